The molecule has 2 aromatic rings. The first-order valence-corrected chi connectivity index (χ1v) is 10.6. The maximum atomic E-state index is 13.0. The number of alkyl halides is 3. The molecule has 2 rings (SSSR count). The Hall–Kier alpha value is -2.30. The Balaban J connectivity index is 2.34. The van der Waals surface area contributed by atoms with Crippen LogP contribution < -0.4 is 10.1 Å². The summed E-state index contributed by atoms with van der Waals surface area (Å²) in [6.07, 6.45) is -4.41. The fraction of sp³-hybridized carbons (Fsp3) is 0.316. The van der Waals surface area contributed by atoms with Crippen LogP contribution in [0.1, 0.15) is 18.9 Å². The SMILES string of the molecule is CCCN(CC(=O)Nc1ccccc1OC)S(=O)(=O)c1cc(C(F)(F)F)ccc1Cl. The first kappa shape index (κ1) is 24.0. The third-order valence-electron chi connectivity index (χ3n) is 4.05. The molecule has 164 valence electrons. The number of nitrogens with one attached hydrogen (secondary N) is 1. The Kier molecular flexibility index (Phi) is 7.73. The van der Waals surface area contributed by atoms with Gasteiger partial charge in [-0.1, -0.05) is 30.7 Å². The van der Waals surface area contributed by atoms with Crippen LogP contribution in [0.25, 0.3) is 0 Å². The number of hydrogen-bond acceptors (Lipinski definition) is 4. The first-order valence-electron chi connectivity index (χ1n) is 8.80. The van der Waals surface area contributed by atoms with E-state index in [1.165, 1.54) is 7.11 Å². The van der Waals surface area contributed by atoms with E-state index in [-0.39, 0.29) is 11.6 Å². The molecule has 2 aromatic carbocycles. The van der Waals surface area contributed by atoms with Crippen molar-refractivity contribution < 1.29 is 31.1 Å². The van der Waals surface area contributed by atoms with Crippen LogP contribution in [0, 0.1) is 0 Å². The van der Waals surface area contributed by atoms with Crippen molar-refractivity contribution in [3.63, 3.8) is 0 Å². The molecule has 0 bridgehead atoms. The zero-order chi connectivity index (χ0) is 22.5. The summed E-state index contributed by atoms with van der Waals surface area (Å²) in [7, 11) is -3.06. The number of rotatable bonds is 8. The van der Waals surface area contributed by atoms with Gasteiger partial charge in [0.25, 0.3) is 0 Å². The Bertz CT molecular complexity index is 1010. The molecule has 0 aliphatic heterocycles. The van der Waals surface area contributed by atoms with Crippen LogP contribution in [0.5, 0.6) is 5.75 Å². The van der Waals surface area contributed by atoms with Crippen molar-refractivity contribution >= 4 is 33.2 Å². The minimum Gasteiger partial charge on any atom is -0.495 e. The predicted molar refractivity (Wildman–Crippen MR) is 107 cm³/mol. The van der Waals surface area contributed by atoms with Gasteiger partial charge in [0.2, 0.25) is 15.9 Å². The molecule has 0 saturated carbocycles. The molecule has 0 atom stereocenters. The van der Waals surface area contributed by atoms with E-state index in [4.69, 9.17) is 16.3 Å². The summed E-state index contributed by atoms with van der Waals surface area (Å²) in [6, 6.07) is 8.56. The molecule has 0 radical (unpaired) electrons. The van der Waals surface area contributed by atoms with E-state index in [1.54, 1.807) is 31.2 Å². The molecule has 1 N–H and O–H groups in total. The van der Waals surface area contributed by atoms with Crippen LogP contribution in [-0.4, -0.2) is 38.8 Å². The van der Waals surface area contributed by atoms with Gasteiger partial charge < -0.3 is 10.1 Å². The van der Waals surface area contributed by atoms with Gasteiger partial charge in [-0.15, -0.1) is 0 Å². The summed E-state index contributed by atoms with van der Waals surface area (Å²) in [5, 5.41) is 2.17. The number of methoxy groups -OCH3 is 1. The minimum atomic E-state index is -4.74. The van der Waals surface area contributed by atoms with Gasteiger partial charge in [-0.3, -0.25) is 4.79 Å². The van der Waals surface area contributed by atoms with Crippen LogP contribution in [-0.2, 0) is 21.0 Å². The molecular formula is C19H20ClF3N2O4S. The predicted octanol–water partition coefficient (Wildman–Crippen LogP) is 4.41. The van der Waals surface area contributed by atoms with Crippen LogP contribution in [0.15, 0.2) is 47.4 Å². The van der Waals surface area contributed by atoms with Gasteiger partial charge in [0, 0.05) is 6.54 Å². The second kappa shape index (κ2) is 9.67. The average Bonchev–Trinajstić information content (AvgIpc) is 2.67. The summed E-state index contributed by atoms with van der Waals surface area (Å²) in [6.45, 7) is 0.976. The molecule has 0 saturated heterocycles. The van der Waals surface area contributed by atoms with Crippen LogP contribution >= 0.6 is 11.6 Å². The van der Waals surface area contributed by atoms with Crippen molar-refractivity contribution in [1.82, 2.24) is 4.31 Å². The smallest absolute Gasteiger partial charge is 0.416 e. The lowest BCUT2D eigenvalue weighted by Gasteiger charge is -2.22. The fourth-order valence-electron chi connectivity index (χ4n) is 2.65. The van der Waals surface area contributed by atoms with E-state index in [9.17, 15) is 26.4 Å². The third kappa shape index (κ3) is 5.65. The highest BCUT2D eigenvalue weighted by Crippen LogP contribution is 2.34. The number of sulfonamides is 1. The molecule has 0 aliphatic carbocycles. The maximum absolute atomic E-state index is 13.0. The number of carbonyl (C=O) groups is 1. The molecule has 0 unspecified atom stereocenters. The minimum absolute atomic E-state index is 0.0890. The lowest BCUT2D eigenvalue weighted by Crippen LogP contribution is -2.38. The topological polar surface area (TPSA) is 75.7 Å². The van der Waals surface area contributed by atoms with Gasteiger partial charge in [-0.2, -0.15) is 17.5 Å². The number of hydrogen-bond donors (Lipinski definition) is 1. The van der Waals surface area contributed by atoms with Gasteiger partial charge in [-0.05, 0) is 36.8 Å². The van der Waals surface area contributed by atoms with Gasteiger partial charge in [-0.25, -0.2) is 8.42 Å². The molecule has 30 heavy (non-hydrogen) atoms. The number of nitrogens with zero attached hydrogens (tertiary/aromatic N) is 1. The van der Waals surface area contributed by atoms with Crippen molar-refractivity contribution in [2.45, 2.75) is 24.4 Å². The summed E-state index contributed by atoms with van der Waals surface area (Å²) in [5.41, 5.74) is -0.823. The first-order chi connectivity index (χ1) is 14.0. The normalized spacial score (nSPS) is 12.1. The Morgan fingerprint density at radius 2 is 1.87 bits per heavy atom. The van der Waals surface area contributed by atoms with E-state index >= 15 is 0 Å². The Morgan fingerprint density at radius 3 is 2.47 bits per heavy atom. The zero-order valence-electron chi connectivity index (χ0n) is 16.2. The van der Waals surface area contributed by atoms with Crippen molar-refractivity contribution in [1.29, 1.82) is 0 Å². The van der Waals surface area contributed by atoms with E-state index in [0.717, 1.165) is 10.4 Å². The number of halogens is 4. The van der Waals surface area contributed by atoms with E-state index in [2.05, 4.69) is 5.32 Å². The van der Waals surface area contributed by atoms with Crippen molar-refractivity contribution in [2.24, 2.45) is 0 Å². The highest BCUT2D eigenvalue weighted by molar-refractivity contribution is 7.89. The molecule has 1 amide bonds. The molecule has 11 heteroatoms. The molecular weight excluding hydrogens is 445 g/mol. The number of anilines is 1. The van der Waals surface area contributed by atoms with Crippen LogP contribution in [0.3, 0.4) is 0 Å². The second-order valence-corrected chi connectivity index (χ2v) is 8.54. The van der Waals surface area contributed by atoms with Gasteiger partial charge >= 0.3 is 6.18 Å². The largest absolute Gasteiger partial charge is 0.495 e. The maximum Gasteiger partial charge on any atom is 0.416 e. The third-order valence-corrected chi connectivity index (χ3v) is 6.38. The number of carbonyl (C=O) groups excluding carboxylic acids is 1. The summed E-state index contributed by atoms with van der Waals surface area (Å²) < 4.78 is 71.0. The summed E-state index contributed by atoms with van der Waals surface area (Å²) >= 11 is 5.89. The fourth-order valence-corrected chi connectivity index (χ4v) is 4.64. The molecule has 6 nitrogen and oxygen atoms in total. The van der Waals surface area contributed by atoms with Crippen molar-refractivity contribution in [3.8, 4) is 5.75 Å². The van der Waals surface area contributed by atoms with E-state index < -0.39 is 39.1 Å². The second-order valence-electron chi connectivity index (χ2n) is 6.23. The monoisotopic (exact) mass is 464 g/mol. The van der Waals surface area contributed by atoms with Gasteiger partial charge in [0.05, 0.1) is 29.9 Å². The van der Waals surface area contributed by atoms with Crippen molar-refractivity contribution in [3.05, 3.63) is 53.1 Å². The highest BCUT2D eigenvalue weighted by atomic mass is 35.5. The quantitative estimate of drug-likeness (QED) is 0.628. The van der Waals surface area contributed by atoms with Crippen molar-refractivity contribution in [2.75, 3.05) is 25.5 Å². The number of ether oxygens (including phenoxy) is 1. The lowest BCUT2D eigenvalue weighted by molar-refractivity contribution is -0.137. The standard InChI is InChI=1S/C19H20ClF3N2O4S/c1-3-10-25(12-18(26)24-15-6-4-5-7-16(15)29-2)30(27,28)17-11-13(19(21,22)23)8-9-14(17)20/h4-9,11H,3,10,12H2,1-2H3,(H,24,26). The average molecular weight is 465 g/mol. The molecule has 0 aromatic heterocycles. The zero-order valence-corrected chi connectivity index (χ0v) is 17.7. The van der Waals surface area contributed by atoms with Gasteiger partial charge in [0.1, 0.15) is 10.6 Å². The number of amides is 1. The molecule has 0 heterocycles. The van der Waals surface area contributed by atoms with Crippen LogP contribution in [0.2, 0.25) is 5.02 Å². The van der Waals surface area contributed by atoms with E-state index in [0.29, 0.717) is 30.0 Å². The van der Waals surface area contributed by atoms with E-state index in [1.807, 2.05) is 0 Å². The number of benzene rings is 2. The summed E-state index contributed by atoms with van der Waals surface area (Å²) in [5.74, 6) is -0.309. The Labute approximate surface area is 177 Å². The van der Waals surface area contributed by atoms with Gasteiger partial charge in [0.15, 0.2) is 0 Å². The highest BCUT2D eigenvalue weighted by Gasteiger charge is 2.34. The van der Waals surface area contributed by atoms with Crippen LogP contribution in [0.4, 0.5) is 18.9 Å². The Morgan fingerprint density at radius 1 is 1.20 bits per heavy atom. The summed E-state index contributed by atoms with van der Waals surface area (Å²) in [4.78, 5) is 11.8. The molecule has 0 aliphatic rings. The molecule has 0 fully saturated rings. The lowest BCUT2D eigenvalue weighted by atomic mass is 10.2. The molecule has 0 spiro atoms. The number of para-hydroxylation sites is 2.